The normalized spacial score (nSPS) is 23.6. The lowest BCUT2D eigenvalue weighted by Gasteiger charge is -2.27. The van der Waals surface area contributed by atoms with Gasteiger partial charge in [0.05, 0.1) is 110 Å². The Bertz CT molecular complexity index is 4260. The lowest BCUT2D eigenvalue weighted by atomic mass is 9.94. The summed E-state index contributed by atoms with van der Waals surface area (Å²) in [6.07, 6.45) is 22.2. The van der Waals surface area contributed by atoms with Crippen molar-refractivity contribution < 1.29 is 42.5 Å². The molecule has 8 atom stereocenters. The van der Waals surface area contributed by atoms with Gasteiger partial charge in [0, 0.05) is 137 Å². The van der Waals surface area contributed by atoms with E-state index in [9.17, 15) is 18.8 Å². The Morgan fingerprint density at radius 2 is 0.802 bits per heavy atom. The molecule has 9 aromatic rings. The average molecular weight is 1310 g/mol. The second kappa shape index (κ2) is 25.1. The highest BCUT2D eigenvalue weighted by atomic mass is 19.1. The Morgan fingerprint density at radius 1 is 0.469 bits per heavy atom. The second-order valence-corrected chi connectivity index (χ2v) is 30.8. The molecule has 2 aliphatic heterocycles. The molecule has 0 amide bonds. The molecule has 3 aromatic carbocycles. The zero-order valence-electron chi connectivity index (χ0n) is 58.8. The molecule has 6 fully saturated rings. The molecular weight excluding hydrogens is 1220 g/mol. The third-order valence-electron chi connectivity index (χ3n) is 21.4. The van der Waals surface area contributed by atoms with Crippen LogP contribution in [0.1, 0.15) is 189 Å². The minimum atomic E-state index is -0.436. The average Bonchev–Trinajstić information content (AvgIpc) is 1.62. The Morgan fingerprint density at radius 3 is 1.14 bits per heavy atom. The molecule has 96 heavy (non-hydrogen) atoms. The zero-order chi connectivity index (χ0) is 68.2. The highest BCUT2D eigenvalue weighted by Crippen LogP contribution is 2.48. The second-order valence-electron chi connectivity index (χ2n) is 30.8. The highest BCUT2D eigenvalue weighted by Gasteiger charge is 2.49. The number of aromatic nitrogens is 12. The van der Waals surface area contributed by atoms with Crippen LogP contribution >= 0.6 is 0 Å². The molecule has 6 aromatic heterocycles. The van der Waals surface area contributed by atoms with E-state index in [1.54, 1.807) is 7.05 Å². The maximum absolute atomic E-state index is 14.9. The van der Waals surface area contributed by atoms with Gasteiger partial charge in [-0.15, -0.1) is 0 Å². The van der Waals surface area contributed by atoms with Crippen LogP contribution < -0.4 is 14.2 Å². The summed E-state index contributed by atoms with van der Waals surface area (Å²) in [5, 5.41) is 30.2. The Balaban J connectivity index is 0.000000131. The van der Waals surface area contributed by atoms with E-state index in [4.69, 9.17) is 33.9 Å². The molecule has 0 radical (unpaired) electrons. The third kappa shape index (κ3) is 13.4. The van der Waals surface area contributed by atoms with Gasteiger partial charge in [-0.3, -0.25) is 37.8 Å². The van der Waals surface area contributed by atoms with E-state index in [0.717, 1.165) is 110 Å². The maximum Gasteiger partial charge on any atom is 0.222 e. The number of halogens is 1. The number of ketones is 3. The van der Waals surface area contributed by atoms with Crippen molar-refractivity contribution in [2.75, 3.05) is 0 Å². The summed E-state index contributed by atoms with van der Waals surface area (Å²) in [6, 6.07) is 13.0. The van der Waals surface area contributed by atoms with E-state index < -0.39 is 5.95 Å². The first-order valence-electron chi connectivity index (χ1n) is 34.6. The van der Waals surface area contributed by atoms with Crippen molar-refractivity contribution in [3.63, 3.8) is 0 Å². The molecule has 4 aliphatic carbocycles. The summed E-state index contributed by atoms with van der Waals surface area (Å²) in [4.78, 5) is 35.3. The first-order chi connectivity index (χ1) is 45.4. The number of Topliss-reactive ketones (excluding diaryl/α,β-unsaturated/α-hetero) is 3. The quantitative estimate of drug-likeness (QED) is 0.0937. The monoisotopic (exact) mass is 1310 g/mol. The largest absolute Gasteiger partial charge is 0.490 e. The fourth-order valence-corrected chi connectivity index (χ4v) is 15.8. The molecule has 510 valence electrons. The Labute approximate surface area is 561 Å². The molecule has 8 heterocycles. The molecule has 0 N–H and O–H groups in total. The van der Waals surface area contributed by atoms with E-state index in [1.807, 2.05) is 76.7 Å². The molecule has 21 heteroatoms. The van der Waals surface area contributed by atoms with Crippen LogP contribution in [0.2, 0.25) is 0 Å². The van der Waals surface area contributed by atoms with E-state index >= 15 is 0 Å². The van der Waals surface area contributed by atoms with Crippen LogP contribution in [0.15, 0.2) is 73.6 Å². The van der Waals surface area contributed by atoms with E-state index in [1.165, 1.54) is 17.5 Å². The molecule has 2 saturated heterocycles. The molecule has 4 saturated carbocycles. The molecule has 20 nitrogen and oxygen atoms in total. The zero-order valence-corrected chi connectivity index (χ0v) is 58.8. The van der Waals surface area contributed by atoms with Gasteiger partial charge in [0.25, 0.3) is 0 Å². The van der Waals surface area contributed by atoms with Crippen molar-refractivity contribution >= 4 is 50.1 Å². The van der Waals surface area contributed by atoms with Crippen LogP contribution in [0.3, 0.4) is 0 Å². The number of carbonyl (C=O) groups is 3. The van der Waals surface area contributed by atoms with Crippen molar-refractivity contribution in [2.24, 2.45) is 38.9 Å². The van der Waals surface area contributed by atoms with Crippen LogP contribution in [0.25, 0.3) is 66.1 Å². The van der Waals surface area contributed by atoms with Gasteiger partial charge in [-0.25, -0.2) is 4.68 Å². The fraction of sp³-hybridized carbons (Fsp3) is 0.560. The van der Waals surface area contributed by atoms with Gasteiger partial charge in [0.15, 0.2) is 0 Å². The van der Waals surface area contributed by atoms with Crippen molar-refractivity contribution in [3.05, 3.63) is 90.9 Å². The van der Waals surface area contributed by atoms with E-state index in [2.05, 4.69) is 145 Å². The van der Waals surface area contributed by atoms with Gasteiger partial charge in [-0.05, 0) is 175 Å². The Hall–Kier alpha value is -8.04. The molecule has 6 aliphatic rings. The standard InChI is InChI=1S/C27H36N4O3.C26H33FN4O3.C22H26N4O2/c1-16-25-22(29-30(16)7)11-19(12-23(25)33-17(2)18-8-9-21(32)10-18)20-14-28-31(15-20)24-13-26(3,4)34-27(24,5)6;1-15(16-7-8-19(32)9-16)33-21-11-17(10-20-23(21)24(27)30(6)29-20)18-13-28-31(14-18)22-12-25(2,3)34-26(22,4)5;1-13-22-20(24-25(13)3)9-16(17-11-23-26(12-17)18-5-6-18)10-21(22)28-14(2)15-4-7-19(27)8-15/h11-12,14-15,17-18,24H,8-10,13H2,1-7H3;10-11,13-16,22H,7-9,12H2,1-6H3;9-12,14-15,18H,4-8H2,1-3H3/t17-,18-,24?;15-,16+,22?;14-,15+/m111/s1. The van der Waals surface area contributed by atoms with Gasteiger partial charge in [0.2, 0.25) is 5.95 Å². The van der Waals surface area contributed by atoms with Crippen molar-refractivity contribution in [2.45, 2.75) is 232 Å². The topological polar surface area (TPSA) is 204 Å². The summed E-state index contributed by atoms with van der Waals surface area (Å²) in [6.45, 7) is 27.2. The van der Waals surface area contributed by atoms with Gasteiger partial charge in [-0.2, -0.15) is 35.0 Å². The molecule has 0 bridgehead atoms. The number of hydrogen-bond acceptors (Lipinski definition) is 14. The predicted octanol–water partition coefficient (Wildman–Crippen LogP) is 14.8. The minimum absolute atomic E-state index is 0.00121. The number of nitrogens with zero attached hydrogens (tertiary/aromatic N) is 12. The Kier molecular flexibility index (Phi) is 17.4. The van der Waals surface area contributed by atoms with Crippen LogP contribution in [-0.4, -0.2) is 117 Å². The smallest absolute Gasteiger partial charge is 0.222 e. The van der Waals surface area contributed by atoms with Gasteiger partial charge >= 0.3 is 0 Å². The first-order valence-corrected chi connectivity index (χ1v) is 34.6. The lowest BCUT2D eigenvalue weighted by molar-refractivity contribution is -0.118. The van der Waals surface area contributed by atoms with Crippen molar-refractivity contribution in [1.29, 1.82) is 0 Å². The fourth-order valence-electron chi connectivity index (χ4n) is 15.8. The first kappa shape index (κ1) is 66.6. The van der Waals surface area contributed by atoms with Crippen molar-refractivity contribution in [3.8, 4) is 50.6 Å². The SMILES string of the molecule is C[C@@H](Oc1cc(-c2cnn(C3CC(C)(C)OC3(C)C)c2)cc2nn(C)c(F)c12)[C@H]1CCC(=O)C1.Cc1c2c(O[C@H](C)[C@@H]3CCC(=O)C3)cc(-c3cnn(C4CC(C)(C)OC4(C)C)c3)cc2nn1C.Cc1c2c(O[C@H](C)[C@H]3CCC(=O)C3)cc(-c3cnn(C4CC4)c3)cc2nn1C. The number of aryl methyl sites for hydroxylation is 5. The summed E-state index contributed by atoms with van der Waals surface area (Å²) in [7, 11) is 5.50. The van der Waals surface area contributed by atoms with E-state index in [0.29, 0.717) is 78.7 Å². The minimum Gasteiger partial charge on any atom is -0.490 e. The number of ether oxygens (including phenoxy) is 5. The number of benzene rings is 3. The number of rotatable bonds is 15. The van der Waals surface area contributed by atoms with Crippen molar-refractivity contribution in [1.82, 2.24) is 58.7 Å². The number of hydrogen-bond donors (Lipinski definition) is 0. The van der Waals surface area contributed by atoms with Gasteiger partial charge in [0.1, 0.15) is 34.6 Å². The number of fused-ring (bicyclic) bond motifs is 3. The van der Waals surface area contributed by atoms with Gasteiger partial charge < -0.3 is 23.7 Å². The number of carbonyl (C=O) groups excluding carboxylic acids is 3. The highest BCUT2D eigenvalue weighted by molar-refractivity contribution is 5.94. The third-order valence-corrected chi connectivity index (χ3v) is 21.4. The van der Waals surface area contributed by atoms with E-state index in [-0.39, 0.29) is 70.4 Å². The molecule has 2 unspecified atom stereocenters. The van der Waals surface area contributed by atoms with Gasteiger partial charge in [-0.1, -0.05) is 0 Å². The van der Waals surface area contributed by atoms with Crippen LogP contribution in [0, 0.1) is 37.5 Å². The van der Waals surface area contributed by atoms with Crippen LogP contribution in [0.4, 0.5) is 4.39 Å². The van der Waals surface area contributed by atoms with Crippen LogP contribution in [0.5, 0.6) is 17.2 Å². The molecular formula is C75H95FN12O8. The maximum atomic E-state index is 14.9. The lowest BCUT2D eigenvalue weighted by Crippen LogP contribution is -2.31. The molecule has 0 spiro atoms. The summed E-state index contributed by atoms with van der Waals surface area (Å²) in [5.41, 5.74) is 9.45. The summed E-state index contributed by atoms with van der Waals surface area (Å²) >= 11 is 0. The predicted molar refractivity (Wildman–Crippen MR) is 367 cm³/mol. The summed E-state index contributed by atoms with van der Waals surface area (Å²) < 4.78 is 57.9. The molecule has 15 rings (SSSR count). The van der Waals surface area contributed by atoms with Crippen LogP contribution in [-0.2, 0) is 45.0 Å². The summed E-state index contributed by atoms with van der Waals surface area (Å²) in [5.74, 6) is 3.34.